The number of carbonyl (C=O) groups excluding carboxylic acids is 1. The van der Waals surface area contributed by atoms with Gasteiger partial charge in [-0.15, -0.1) is 0 Å². The largest absolute Gasteiger partial charge is 0.436 e. The number of alkyl halides is 3. The van der Waals surface area contributed by atoms with Crippen molar-refractivity contribution in [2.75, 3.05) is 18.4 Å². The molecule has 0 spiro atoms. The number of nitrogens with zero attached hydrogens (tertiary/aromatic N) is 1. The van der Waals surface area contributed by atoms with Gasteiger partial charge in [0.1, 0.15) is 0 Å². The van der Waals surface area contributed by atoms with Crippen LogP contribution >= 0.6 is 0 Å². The van der Waals surface area contributed by atoms with Crippen molar-refractivity contribution in [3.8, 4) is 11.6 Å². The summed E-state index contributed by atoms with van der Waals surface area (Å²) in [7, 11) is 0. The number of halogens is 4. The van der Waals surface area contributed by atoms with E-state index < -0.39 is 17.6 Å². The third-order valence-electron chi connectivity index (χ3n) is 4.15. The first-order valence-corrected chi connectivity index (χ1v) is 8.35. The molecule has 0 bridgehead atoms. The summed E-state index contributed by atoms with van der Waals surface area (Å²) in [5.74, 6) is -1.52. The van der Waals surface area contributed by atoms with Gasteiger partial charge >= 0.3 is 6.18 Å². The maximum absolute atomic E-state index is 14.2. The van der Waals surface area contributed by atoms with Gasteiger partial charge in [-0.2, -0.15) is 13.2 Å². The summed E-state index contributed by atoms with van der Waals surface area (Å²) < 4.78 is 56.9. The van der Waals surface area contributed by atoms with Crippen LogP contribution in [-0.4, -0.2) is 24.0 Å². The summed E-state index contributed by atoms with van der Waals surface area (Å²) in [4.78, 5) is 15.7. The van der Waals surface area contributed by atoms with Crippen LogP contribution in [0.4, 0.5) is 23.2 Å². The van der Waals surface area contributed by atoms with E-state index in [9.17, 15) is 22.4 Å². The van der Waals surface area contributed by atoms with Crippen LogP contribution in [0.25, 0.3) is 0 Å². The number of ether oxygens (including phenoxy) is 1. The molecule has 1 amide bonds. The van der Waals surface area contributed by atoms with Crippen LogP contribution in [-0.2, 0) is 11.0 Å². The standard InChI is InChI=1S/C18H17F4N3O2/c19-14-8-13(25-17(26)11-2-1-7-23-9-11)4-5-15(14)27-16-6-3-12(10-24-16)18(20,21)22/h3-6,8,10-11,23H,1-2,7,9H2,(H,25,26). The molecular formula is C18H17F4N3O2. The second kappa shape index (κ2) is 7.91. The number of rotatable bonds is 4. The van der Waals surface area contributed by atoms with E-state index in [2.05, 4.69) is 15.6 Å². The lowest BCUT2D eigenvalue weighted by atomic mass is 9.99. The van der Waals surface area contributed by atoms with Gasteiger partial charge in [-0.25, -0.2) is 9.37 Å². The van der Waals surface area contributed by atoms with Crippen molar-refractivity contribution >= 4 is 11.6 Å². The number of pyridine rings is 1. The van der Waals surface area contributed by atoms with Gasteiger partial charge < -0.3 is 15.4 Å². The minimum absolute atomic E-state index is 0.172. The Bertz CT molecular complexity index is 803. The van der Waals surface area contributed by atoms with Gasteiger partial charge in [0, 0.05) is 30.6 Å². The molecule has 144 valence electrons. The Morgan fingerprint density at radius 1 is 1.26 bits per heavy atom. The molecule has 1 aromatic heterocycles. The van der Waals surface area contributed by atoms with Crippen molar-refractivity contribution in [3.05, 3.63) is 47.9 Å². The zero-order valence-corrected chi connectivity index (χ0v) is 14.1. The topological polar surface area (TPSA) is 63.2 Å². The molecule has 1 atom stereocenters. The lowest BCUT2D eigenvalue weighted by Gasteiger charge is -2.22. The molecular weight excluding hydrogens is 366 g/mol. The van der Waals surface area contributed by atoms with Crippen LogP contribution in [0.15, 0.2) is 36.5 Å². The molecule has 1 fully saturated rings. The number of piperidine rings is 1. The summed E-state index contributed by atoms with van der Waals surface area (Å²) in [5.41, 5.74) is -0.651. The van der Waals surface area contributed by atoms with Crippen molar-refractivity contribution in [1.29, 1.82) is 0 Å². The highest BCUT2D eigenvalue weighted by atomic mass is 19.4. The number of carbonyl (C=O) groups is 1. The van der Waals surface area contributed by atoms with E-state index in [4.69, 9.17) is 4.74 Å². The smallest absolute Gasteiger partial charge is 0.417 e. The van der Waals surface area contributed by atoms with Crippen LogP contribution < -0.4 is 15.4 Å². The van der Waals surface area contributed by atoms with Gasteiger partial charge in [-0.1, -0.05) is 0 Å². The van der Waals surface area contributed by atoms with E-state index in [0.29, 0.717) is 12.7 Å². The van der Waals surface area contributed by atoms with Crippen molar-refractivity contribution in [1.82, 2.24) is 10.3 Å². The molecule has 2 aromatic rings. The molecule has 1 aromatic carbocycles. The quantitative estimate of drug-likeness (QED) is 0.785. The third-order valence-corrected chi connectivity index (χ3v) is 4.15. The van der Waals surface area contributed by atoms with E-state index in [1.165, 1.54) is 12.1 Å². The first-order chi connectivity index (χ1) is 12.8. The number of hydrogen-bond donors (Lipinski definition) is 2. The summed E-state index contributed by atoms with van der Waals surface area (Å²) in [6.07, 6.45) is -2.23. The SMILES string of the molecule is O=C(Nc1ccc(Oc2ccc(C(F)(F)F)cn2)c(F)c1)C1CCCNC1. The minimum Gasteiger partial charge on any atom is -0.436 e. The summed E-state index contributed by atoms with van der Waals surface area (Å²) >= 11 is 0. The first-order valence-electron chi connectivity index (χ1n) is 8.35. The highest BCUT2D eigenvalue weighted by Crippen LogP contribution is 2.31. The molecule has 1 unspecified atom stereocenters. The van der Waals surface area contributed by atoms with E-state index in [1.807, 2.05) is 0 Å². The molecule has 27 heavy (non-hydrogen) atoms. The predicted molar refractivity (Wildman–Crippen MR) is 89.9 cm³/mol. The fourth-order valence-electron chi connectivity index (χ4n) is 2.70. The predicted octanol–water partition coefficient (Wildman–Crippen LogP) is 3.97. The number of hydrogen-bond acceptors (Lipinski definition) is 4. The zero-order chi connectivity index (χ0) is 19.4. The number of benzene rings is 1. The molecule has 1 aliphatic rings. The Hall–Kier alpha value is -2.68. The van der Waals surface area contributed by atoms with Crippen molar-refractivity contribution < 1.29 is 27.1 Å². The minimum atomic E-state index is -4.51. The van der Waals surface area contributed by atoms with Gasteiger partial charge in [0.05, 0.1) is 11.5 Å². The fourth-order valence-corrected chi connectivity index (χ4v) is 2.70. The van der Waals surface area contributed by atoms with E-state index >= 15 is 0 Å². The second-order valence-corrected chi connectivity index (χ2v) is 6.16. The molecule has 5 nitrogen and oxygen atoms in total. The molecule has 2 heterocycles. The molecule has 0 radical (unpaired) electrons. The summed E-state index contributed by atoms with van der Waals surface area (Å²) in [6, 6.07) is 5.63. The number of aromatic nitrogens is 1. The maximum atomic E-state index is 14.2. The van der Waals surface area contributed by atoms with Gasteiger partial charge in [0.15, 0.2) is 11.6 Å². The van der Waals surface area contributed by atoms with Crippen LogP contribution in [0, 0.1) is 11.7 Å². The van der Waals surface area contributed by atoms with Crippen molar-refractivity contribution in [2.45, 2.75) is 19.0 Å². The lowest BCUT2D eigenvalue weighted by molar-refractivity contribution is -0.137. The van der Waals surface area contributed by atoms with Crippen LogP contribution in [0.3, 0.4) is 0 Å². The Kier molecular flexibility index (Phi) is 5.59. The number of nitrogens with one attached hydrogen (secondary N) is 2. The van der Waals surface area contributed by atoms with Gasteiger partial charge in [-0.3, -0.25) is 4.79 Å². The van der Waals surface area contributed by atoms with Crippen molar-refractivity contribution in [3.63, 3.8) is 0 Å². The van der Waals surface area contributed by atoms with Gasteiger partial charge in [0.25, 0.3) is 0 Å². The highest BCUT2D eigenvalue weighted by Gasteiger charge is 2.30. The Morgan fingerprint density at radius 3 is 2.67 bits per heavy atom. The molecule has 9 heteroatoms. The summed E-state index contributed by atoms with van der Waals surface area (Å²) in [6.45, 7) is 1.46. The van der Waals surface area contributed by atoms with Crippen LogP contribution in [0.5, 0.6) is 11.6 Å². The molecule has 3 rings (SSSR count). The molecule has 0 saturated carbocycles. The normalized spacial score (nSPS) is 17.4. The average molecular weight is 383 g/mol. The molecule has 0 aliphatic carbocycles. The lowest BCUT2D eigenvalue weighted by Crippen LogP contribution is -2.37. The van der Waals surface area contributed by atoms with Crippen molar-refractivity contribution in [2.24, 2.45) is 5.92 Å². The Morgan fingerprint density at radius 2 is 2.07 bits per heavy atom. The average Bonchev–Trinajstić information content (AvgIpc) is 2.64. The van der Waals surface area contributed by atoms with Crippen LogP contribution in [0.1, 0.15) is 18.4 Å². The molecule has 2 N–H and O–H groups in total. The Labute approximate surface area is 152 Å². The van der Waals surface area contributed by atoms with Gasteiger partial charge in [0.2, 0.25) is 11.8 Å². The zero-order valence-electron chi connectivity index (χ0n) is 14.1. The third kappa shape index (κ3) is 4.94. The molecule has 1 aliphatic heterocycles. The fraction of sp³-hybridized carbons (Fsp3) is 0.333. The monoisotopic (exact) mass is 383 g/mol. The number of anilines is 1. The van der Waals surface area contributed by atoms with Gasteiger partial charge in [-0.05, 0) is 37.6 Å². The summed E-state index contributed by atoms with van der Waals surface area (Å²) in [5, 5.41) is 5.78. The Balaban J connectivity index is 1.65. The maximum Gasteiger partial charge on any atom is 0.417 e. The highest BCUT2D eigenvalue weighted by molar-refractivity contribution is 5.92. The number of amides is 1. The second-order valence-electron chi connectivity index (χ2n) is 6.16. The van der Waals surface area contributed by atoms with Crippen LogP contribution in [0.2, 0.25) is 0 Å². The van der Waals surface area contributed by atoms with E-state index in [0.717, 1.165) is 37.6 Å². The molecule has 1 saturated heterocycles. The van der Waals surface area contributed by atoms with E-state index in [1.54, 1.807) is 0 Å². The first kappa shape index (κ1) is 19.1. The van der Waals surface area contributed by atoms with E-state index in [-0.39, 0.29) is 29.1 Å².